The molecule has 1 aromatic heterocycles. The van der Waals surface area contributed by atoms with Crippen molar-refractivity contribution in [2.75, 3.05) is 26.2 Å². The van der Waals surface area contributed by atoms with Gasteiger partial charge in [-0.25, -0.2) is 9.37 Å². The normalized spacial score (nSPS) is 14.6. The van der Waals surface area contributed by atoms with E-state index in [2.05, 4.69) is 9.88 Å². The van der Waals surface area contributed by atoms with Gasteiger partial charge in [-0.05, 0) is 37.3 Å². The summed E-state index contributed by atoms with van der Waals surface area (Å²) >= 11 is 1.56. The van der Waals surface area contributed by atoms with Crippen LogP contribution in [-0.4, -0.2) is 51.8 Å². The van der Waals surface area contributed by atoms with Gasteiger partial charge in [-0.15, -0.1) is 11.3 Å². The van der Waals surface area contributed by atoms with Gasteiger partial charge in [-0.3, -0.25) is 19.8 Å². The lowest BCUT2D eigenvalue weighted by Gasteiger charge is -2.34. The predicted molar refractivity (Wildman–Crippen MR) is 117 cm³/mol. The van der Waals surface area contributed by atoms with E-state index in [0.29, 0.717) is 43.9 Å². The standard InChI is InChI=1S/C22H21FN4O3S/c1-15-18(3-2-4-20(15)27(29)30)22(28)26-11-9-25(10-12-26)13-21-24-19(14-31-21)16-5-7-17(23)8-6-16/h2-8,14H,9-13H2,1H3. The second kappa shape index (κ2) is 8.91. The van der Waals surface area contributed by atoms with E-state index >= 15 is 0 Å². The van der Waals surface area contributed by atoms with Gasteiger partial charge < -0.3 is 4.90 Å². The molecule has 160 valence electrons. The molecule has 1 fully saturated rings. The highest BCUT2D eigenvalue weighted by atomic mass is 32.1. The van der Waals surface area contributed by atoms with E-state index < -0.39 is 4.92 Å². The van der Waals surface area contributed by atoms with Crippen molar-refractivity contribution in [3.05, 3.63) is 79.9 Å². The third kappa shape index (κ3) is 4.62. The number of thiazole rings is 1. The maximum Gasteiger partial charge on any atom is 0.273 e. The van der Waals surface area contributed by atoms with Gasteiger partial charge in [0.2, 0.25) is 0 Å². The zero-order valence-corrected chi connectivity index (χ0v) is 17.8. The van der Waals surface area contributed by atoms with E-state index in [1.165, 1.54) is 18.2 Å². The Morgan fingerprint density at radius 1 is 1.16 bits per heavy atom. The van der Waals surface area contributed by atoms with Crippen LogP contribution in [-0.2, 0) is 6.54 Å². The zero-order chi connectivity index (χ0) is 22.0. The molecule has 3 aromatic rings. The summed E-state index contributed by atoms with van der Waals surface area (Å²) in [4.78, 5) is 32.2. The molecule has 1 aliphatic heterocycles. The lowest BCUT2D eigenvalue weighted by molar-refractivity contribution is -0.385. The lowest BCUT2D eigenvalue weighted by atomic mass is 10.1. The van der Waals surface area contributed by atoms with Crippen LogP contribution in [0.5, 0.6) is 0 Å². The molecule has 0 N–H and O–H groups in total. The smallest absolute Gasteiger partial charge is 0.273 e. The average Bonchev–Trinajstić information content (AvgIpc) is 3.23. The van der Waals surface area contributed by atoms with E-state index in [-0.39, 0.29) is 17.4 Å². The summed E-state index contributed by atoms with van der Waals surface area (Å²) in [6.45, 7) is 4.80. The van der Waals surface area contributed by atoms with Crippen molar-refractivity contribution >= 4 is 22.9 Å². The fourth-order valence-corrected chi connectivity index (χ4v) is 4.51. The number of carbonyl (C=O) groups is 1. The minimum Gasteiger partial charge on any atom is -0.336 e. The molecule has 1 aliphatic rings. The number of carbonyl (C=O) groups excluding carboxylic acids is 1. The molecule has 0 saturated carbocycles. The summed E-state index contributed by atoms with van der Waals surface area (Å²) in [7, 11) is 0. The lowest BCUT2D eigenvalue weighted by Crippen LogP contribution is -2.48. The summed E-state index contributed by atoms with van der Waals surface area (Å²) < 4.78 is 13.1. The van der Waals surface area contributed by atoms with Crippen molar-refractivity contribution < 1.29 is 14.1 Å². The van der Waals surface area contributed by atoms with Crippen LogP contribution in [0, 0.1) is 22.9 Å². The van der Waals surface area contributed by atoms with Crippen LogP contribution in [0.3, 0.4) is 0 Å². The van der Waals surface area contributed by atoms with Gasteiger partial charge in [-0.1, -0.05) is 6.07 Å². The average molecular weight is 441 g/mol. The van der Waals surface area contributed by atoms with Crippen molar-refractivity contribution in [2.45, 2.75) is 13.5 Å². The van der Waals surface area contributed by atoms with Crippen LogP contribution in [0.1, 0.15) is 20.9 Å². The van der Waals surface area contributed by atoms with Crippen molar-refractivity contribution in [1.29, 1.82) is 0 Å². The van der Waals surface area contributed by atoms with Crippen molar-refractivity contribution in [1.82, 2.24) is 14.8 Å². The van der Waals surface area contributed by atoms with Crippen molar-refractivity contribution in [2.24, 2.45) is 0 Å². The summed E-state index contributed by atoms with van der Waals surface area (Å²) in [5, 5.41) is 14.1. The van der Waals surface area contributed by atoms with Gasteiger partial charge in [0.05, 0.1) is 17.2 Å². The maximum absolute atomic E-state index is 13.1. The first-order chi connectivity index (χ1) is 14.9. The monoisotopic (exact) mass is 440 g/mol. The minimum absolute atomic E-state index is 0.0368. The highest BCUT2D eigenvalue weighted by molar-refractivity contribution is 7.09. The third-order valence-electron chi connectivity index (χ3n) is 5.44. The number of nitro benzene ring substituents is 1. The SMILES string of the molecule is Cc1c(C(=O)N2CCN(Cc3nc(-c4ccc(F)cc4)cs3)CC2)cccc1[N+](=O)[O-]. The highest BCUT2D eigenvalue weighted by Gasteiger charge is 2.26. The summed E-state index contributed by atoms with van der Waals surface area (Å²) in [6, 6.07) is 10.9. The third-order valence-corrected chi connectivity index (χ3v) is 6.28. The highest BCUT2D eigenvalue weighted by Crippen LogP contribution is 2.25. The summed E-state index contributed by atoms with van der Waals surface area (Å²) in [6.07, 6.45) is 0. The molecule has 0 unspecified atom stereocenters. The summed E-state index contributed by atoms with van der Waals surface area (Å²) in [5.74, 6) is -0.444. The second-order valence-corrected chi connectivity index (χ2v) is 8.35. The van der Waals surface area contributed by atoms with Gasteiger partial charge in [-0.2, -0.15) is 0 Å². The van der Waals surface area contributed by atoms with Crippen LogP contribution in [0.4, 0.5) is 10.1 Å². The number of hydrogen-bond donors (Lipinski definition) is 0. The first-order valence-electron chi connectivity index (χ1n) is 9.88. The molecule has 0 bridgehead atoms. The zero-order valence-electron chi connectivity index (χ0n) is 17.0. The van der Waals surface area contributed by atoms with Crippen LogP contribution in [0.15, 0.2) is 47.8 Å². The number of rotatable bonds is 5. The first kappa shape index (κ1) is 21.1. The first-order valence-corrected chi connectivity index (χ1v) is 10.8. The number of hydrogen-bond acceptors (Lipinski definition) is 6. The molecule has 0 atom stereocenters. The van der Waals surface area contributed by atoms with E-state index in [0.717, 1.165) is 16.3 Å². The second-order valence-electron chi connectivity index (χ2n) is 7.41. The molecule has 7 nitrogen and oxygen atoms in total. The van der Waals surface area contributed by atoms with Crippen LogP contribution in [0.25, 0.3) is 11.3 Å². The Kier molecular flexibility index (Phi) is 6.06. The van der Waals surface area contributed by atoms with Crippen molar-refractivity contribution in [3.63, 3.8) is 0 Å². The minimum atomic E-state index is -0.460. The molecular formula is C22H21FN4O3S. The van der Waals surface area contributed by atoms with Gasteiger partial charge >= 0.3 is 0 Å². The molecule has 0 radical (unpaired) electrons. The van der Waals surface area contributed by atoms with Gasteiger partial charge in [0.25, 0.3) is 11.6 Å². The molecule has 0 aliphatic carbocycles. The Hall–Kier alpha value is -3.17. The quantitative estimate of drug-likeness (QED) is 0.440. The summed E-state index contributed by atoms with van der Waals surface area (Å²) in [5.41, 5.74) is 2.45. The maximum atomic E-state index is 13.1. The number of benzene rings is 2. The number of amides is 1. The van der Waals surface area contributed by atoms with Crippen LogP contribution < -0.4 is 0 Å². The van der Waals surface area contributed by atoms with E-state index in [1.54, 1.807) is 47.4 Å². The molecule has 31 heavy (non-hydrogen) atoms. The number of nitro groups is 1. The molecule has 9 heteroatoms. The molecule has 2 heterocycles. The Morgan fingerprint density at radius 2 is 1.87 bits per heavy atom. The van der Waals surface area contributed by atoms with Gasteiger partial charge in [0.15, 0.2) is 0 Å². The number of halogens is 1. The fourth-order valence-electron chi connectivity index (χ4n) is 3.66. The topological polar surface area (TPSA) is 79.6 Å². The largest absolute Gasteiger partial charge is 0.336 e. The Labute approximate surface area is 182 Å². The molecular weight excluding hydrogens is 419 g/mol. The van der Waals surface area contributed by atoms with Gasteiger partial charge in [0.1, 0.15) is 10.8 Å². The number of piperazine rings is 1. The van der Waals surface area contributed by atoms with E-state index in [1.807, 2.05) is 5.38 Å². The van der Waals surface area contributed by atoms with E-state index in [9.17, 15) is 19.3 Å². The Morgan fingerprint density at radius 3 is 2.55 bits per heavy atom. The molecule has 1 amide bonds. The van der Waals surface area contributed by atoms with Crippen molar-refractivity contribution in [3.8, 4) is 11.3 Å². The fraction of sp³-hybridized carbons (Fsp3) is 0.273. The van der Waals surface area contributed by atoms with Crippen LogP contribution in [0.2, 0.25) is 0 Å². The number of aromatic nitrogens is 1. The van der Waals surface area contributed by atoms with E-state index in [4.69, 9.17) is 0 Å². The number of nitrogens with zero attached hydrogens (tertiary/aromatic N) is 4. The Bertz CT molecular complexity index is 1110. The molecule has 0 spiro atoms. The van der Waals surface area contributed by atoms with Gasteiger partial charge in [0, 0.05) is 54.3 Å². The predicted octanol–water partition coefficient (Wildman–Crippen LogP) is 4.12. The van der Waals surface area contributed by atoms with Crippen LogP contribution >= 0.6 is 11.3 Å². The molecule has 4 rings (SSSR count). The molecule has 2 aromatic carbocycles. The molecule has 1 saturated heterocycles. The Balaban J connectivity index is 1.36.